The second kappa shape index (κ2) is 7.74. The number of nitrogens with zero attached hydrogens (tertiary/aromatic N) is 3. The first kappa shape index (κ1) is 18.1. The Morgan fingerprint density at radius 2 is 2.11 bits per heavy atom. The molecule has 1 unspecified atom stereocenters. The molecule has 0 radical (unpaired) electrons. The van der Waals surface area contributed by atoms with E-state index < -0.39 is 0 Å². The van der Waals surface area contributed by atoms with E-state index in [1.54, 1.807) is 6.07 Å². The molecule has 1 aromatic carbocycles. The number of likely N-dealkylation sites (tertiary alicyclic amines) is 1. The maximum Gasteiger partial charge on any atom is 0.252 e. The van der Waals surface area contributed by atoms with E-state index in [9.17, 15) is 4.79 Å². The highest BCUT2D eigenvalue weighted by Gasteiger charge is 2.24. The highest BCUT2D eigenvalue weighted by atomic mass is 35.5. The predicted octanol–water partition coefficient (Wildman–Crippen LogP) is 3.51. The quantitative estimate of drug-likeness (QED) is 0.706. The number of carbonyl (C=O) groups is 1. The van der Waals surface area contributed by atoms with Crippen molar-refractivity contribution < 1.29 is 4.79 Å². The lowest BCUT2D eigenvalue weighted by Crippen LogP contribution is -2.40. The molecule has 0 saturated carbocycles. The van der Waals surface area contributed by atoms with Crippen LogP contribution in [0.2, 0.25) is 5.02 Å². The lowest BCUT2D eigenvalue weighted by atomic mass is 10.0. The lowest BCUT2D eigenvalue weighted by molar-refractivity contribution is 0.0924. The molecule has 2 N–H and O–H groups in total. The number of halogens is 1. The monoisotopic (exact) mass is 385 g/mol. The van der Waals surface area contributed by atoms with Gasteiger partial charge in [0.2, 0.25) is 0 Å². The van der Waals surface area contributed by atoms with Crippen LogP contribution >= 0.6 is 11.6 Å². The van der Waals surface area contributed by atoms with E-state index in [-0.39, 0.29) is 11.9 Å². The molecule has 0 bridgehead atoms. The topological polar surface area (TPSA) is 66.0 Å². The van der Waals surface area contributed by atoms with E-state index in [1.807, 2.05) is 42.5 Å². The number of amides is 1. The smallest absolute Gasteiger partial charge is 0.252 e. The Morgan fingerprint density at radius 3 is 2.85 bits per heavy atom. The third-order valence-electron chi connectivity index (χ3n) is 5.31. The van der Waals surface area contributed by atoms with Gasteiger partial charge in [-0.15, -0.1) is 0 Å². The van der Waals surface area contributed by atoms with Crippen LogP contribution in [0.1, 0.15) is 41.2 Å². The molecule has 1 saturated heterocycles. The fourth-order valence-corrected chi connectivity index (χ4v) is 4.17. The zero-order valence-corrected chi connectivity index (χ0v) is 16.2. The average molecular weight is 386 g/mol. The number of aromatic amines is 1. The van der Waals surface area contributed by atoms with Crippen LogP contribution in [0.15, 0.2) is 36.8 Å². The SMILES string of the molecule is Cn1cc(C(CNC(=O)c2ccc3[nH]ccc3c2Cl)N2CCCCC2)cn1. The maximum atomic E-state index is 12.8. The molecule has 0 spiro atoms. The molecule has 1 aliphatic heterocycles. The summed E-state index contributed by atoms with van der Waals surface area (Å²) in [5.74, 6) is -0.144. The number of rotatable bonds is 5. The van der Waals surface area contributed by atoms with Crippen molar-refractivity contribution in [3.63, 3.8) is 0 Å². The van der Waals surface area contributed by atoms with Gasteiger partial charge >= 0.3 is 0 Å². The molecule has 142 valence electrons. The number of benzene rings is 1. The third kappa shape index (κ3) is 3.73. The summed E-state index contributed by atoms with van der Waals surface area (Å²) in [7, 11) is 1.92. The Balaban J connectivity index is 1.52. The molecule has 1 amide bonds. The molecule has 3 aromatic rings. The van der Waals surface area contributed by atoms with Gasteiger partial charge < -0.3 is 10.3 Å². The molecule has 0 aliphatic carbocycles. The molecular formula is C20H24ClN5O. The van der Waals surface area contributed by atoms with E-state index in [1.165, 1.54) is 19.3 Å². The van der Waals surface area contributed by atoms with Crippen molar-refractivity contribution in [1.29, 1.82) is 0 Å². The van der Waals surface area contributed by atoms with Gasteiger partial charge in [0.15, 0.2) is 0 Å². The van der Waals surface area contributed by atoms with Crippen molar-refractivity contribution in [1.82, 2.24) is 25.0 Å². The van der Waals surface area contributed by atoms with Crippen molar-refractivity contribution in [3.8, 4) is 0 Å². The first-order chi connectivity index (χ1) is 13.1. The molecule has 1 fully saturated rings. The van der Waals surface area contributed by atoms with Crippen LogP contribution in [-0.2, 0) is 7.05 Å². The Bertz CT molecular complexity index is 941. The zero-order chi connectivity index (χ0) is 18.8. The van der Waals surface area contributed by atoms with Crippen LogP contribution in [0.5, 0.6) is 0 Å². The number of aryl methyl sites for hydroxylation is 1. The van der Waals surface area contributed by atoms with Gasteiger partial charge in [0.05, 0.1) is 22.8 Å². The summed E-state index contributed by atoms with van der Waals surface area (Å²) < 4.78 is 1.81. The average Bonchev–Trinajstić information content (AvgIpc) is 3.32. The zero-order valence-electron chi connectivity index (χ0n) is 15.4. The molecular weight excluding hydrogens is 362 g/mol. The van der Waals surface area contributed by atoms with Gasteiger partial charge in [-0.1, -0.05) is 18.0 Å². The van der Waals surface area contributed by atoms with Crippen LogP contribution in [0.3, 0.4) is 0 Å². The fourth-order valence-electron chi connectivity index (χ4n) is 3.86. The summed E-state index contributed by atoms with van der Waals surface area (Å²) in [4.78, 5) is 18.4. The minimum Gasteiger partial charge on any atom is -0.361 e. The standard InChI is InChI=1S/C20H24ClN5O/c1-25-13-14(11-24-25)18(26-9-3-2-4-10-26)12-23-20(27)16-5-6-17-15(19(16)21)7-8-22-17/h5-8,11,13,18,22H,2-4,9-10,12H2,1H3,(H,23,27). The summed E-state index contributed by atoms with van der Waals surface area (Å²) in [5, 5.41) is 8.76. The van der Waals surface area contributed by atoms with E-state index >= 15 is 0 Å². The predicted molar refractivity (Wildman–Crippen MR) is 107 cm³/mol. The van der Waals surface area contributed by atoms with Gasteiger partial charge in [0.1, 0.15) is 0 Å². The van der Waals surface area contributed by atoms with E-state index in [0.717, 1.165) is 29.6 Å². The van der Waals surface area contributed by atoms with Crippen LogP contribution in [0.25, 0.3) is 10.9 Å². The van der Waals surface area contributed by atoms with E-state index in [4.69, 9.17) is 11.6 Å². The van der Waals surface area contributed by atoms with Gasteiger partial charge in [-0.25, -0.2) is 0 Å². The van der Waals surface area contributed by atoms with Crippen LogP contribution in [0.4, 0.5) is 0 Å². The number of carbonyl (C=O) groups excluding carboxylic acids is 1. The Kier molecular flexibility index (Phi) is 5.18. The van der Waals surface area contributed by atoms with Crippen molar-refractivity contribution >= 4 is 28.4 Å². The van der Waals surface area contributed by atoms with Crippen LogP contribution < -0.4 is 5.32 Å². The minimum atomic E-state index is -0.144. The summed E-state index contributed by atoms with van der Waals surface area (Å²) in [6.45, 7) is 2.63. The number of H-pyrrole nitrogens is 1. The molecule has 4 rings (SSSR count). The summed E-state index contributed by atoms with van der Waals surface area (Å²) in [6.07, 6.45) is 9.41. The number of fused-ring (bicyclic) bond motifs is 1. The Labute approximate surface area is 163 Å². The van der Waals surface area contributed by atoms with Gasteiger partial charge in [-0.05, 0) is 44.1 Å². The summed E-state index contributed by atoms with van der Waals surface area (Å²) in [5.41, 5.74) is 2.57. The molecule has 1 aliphatic rings. The number of nitrogens with one attached hydrogen (secondary N) is 2. The van der Waals surface area contributed by atoms with Gasteiger partial charge in [-0.3, -0.25) is 14.4 Å². The molecule has 27 heavy (non-hydrogen) atoms. The number of hydrogen-bond acceptors (Lipinski definition) is 3. The molecule has 2 aromatic heterocycles. The van der Waals surface area contributed by atoms with Gasteiger partial charge in [-0.2, -0.15) is 5.10 Å². The fraction of sp³-hybridized carbons (Fsp3) is 0.400. The number of aromatic nitrogens is 3. The first-order valence-electron chi connectivity index (χ1n) is 9.40. The second-order valence-electron chi connectivity index (χ2n) is 7.14. The summed E-state index contributed by atoms with van der Waals surface area (Å²) in [6, 6.07) is 5.67. The third-order valence-corrected chi connectivity index (χ3v) is 5.72. The largest absolute Gasteiger partial charge is 0.361 e. The molecule has 1 atom stereocenters. The van der Waals surface area contributed by atoms with Crippen molar-refractivity contribution in [2.24, 2.45) is 7.05 Å². The van der Waals surface area contributed by atoms with Crippen molar-refractivity contribution in [2.45, 2.75) is 25.3 Å². The number of piperidine rings is 1. The first-order valence-corrected chi connectivity index (χ1v) is 9.77. The maximum absolute atomic E-state index is 12.8. The molecule has 7 heteroatoms. The molecule has 3 heterocycles. The normalized spacial score (nSPS) is 16.5. The van der Waals surface area contributed by atoms with Crippen LogP contribution in [-0.4, -0.2) is 45.2 Å². The van der Waals surface area contributed by atoms with E-state index in [0.29, 0.717) is 17.1 Å². The Morgan fingerprint density at radius 1 is 1.30 bits per heavy atom. The van der Waals surface area contributed by atoms with Gasteiger partial charge in [0.25, 0.3) is 5.91 Å². The minimum absolute atomic E-state index is 0.123. The van der Waals surface area contributed by atoms with E-state index in [2.05, 4.69) is 20.3 Å². The lowest BCUT2D eigenvalue weighted by Gasteiger charge is -2.34. The molecule has 6 nitrogen and oxygen atoms in total. The van der Waals surface area contributed by atoms with Crippen LogP contribution in [0, 0.1) is 0 Å². The Hall–Kier alpha value is -2.31. The van der Waals surface area contributed by atoms with Crippen molar-refractivity contribution in [3.05, 3.63) is 52.9 Å². The number of hydrogen-bond donors (Lipinski definition) is 2. The summed E-state index contributed by atoms with van der Waals surface area (Å²) >= 11 is 6.46. The van der Waals surface area contributed by atoms with Crippen molar-refractivity contribution in [2.75, 3.05) is 19.6 Å². The second-order valence-corrected chi connectivity index (χ2v) is 7.51. The highest BCUT2D eigenvalue weighted by Crippen LogP contribution is 2.27. The highest BCUT2D eigenvalue weighted by molar-refractivity contribution is 6.38. The van der Waals surface area contributed by atoms with Gasteiger partial charge in [0, 0.05) is 42.5 Å².